The van der Waals surface area contributed by atoms with Gasteiger partial charge in [-0.05, 0) is 31.9 Å². The minimum atomic E-state index is -0.458. The first-order valence-corrected chi connectivity index (χ1v) is 5.79. The number of nitro benzene ring substituents is 1. The Kier molecular flexibility index (Phi) is 5.38. The zero-order chi connectivity index (χ0) is 13.5. The molecule has 1 atom stereocenters. The van der Waals surface area contributed by atoms with Crippen molar-refractivity contribution in [2.75, 3.05) is 19.0 Å². The zero-order valence-electron chi connectivity index (χ0n) is 10.5. The number of nitro groups is 1. The number of rotatable bonds is 7. The lowest BCUT2D eigenvalue weighted by molar-refractivity contribution is -0.384. The quantitative estimate of drug-likeness (QED) is 0.575. The van der Waals surface area contributed by atoms with Crippen molar-refractivity contribution in [2.24, 2.45) is 0 Å². The van der Waals surface area contributed by atoms with Crippen molar-refractivity contribution in [1.82, 2.24) is 0 Å². The van der Waals surface area contributed by atoms with Crippen LogP contribution in [0.3, 0.4) is 0 Å². The zero-order valence-corrected chi connectivity index (χ0v) is 10.5. The van der Waals surface area contributed by atoms with Gasteiger partial charge in [0.15, 0.2) is 5.75 Å². The third-order valence-electron chi connectivity index (χ3n) is 2.60. The molecule has 0 spiro atoms. The molecule has 0 aliphatic heterocycles. The maximum Gasteiger partial charge on any atom is 0.333 e. The average Bonchev–Trinajstić information content (AvgIpc) is 2.35. The molecule has 0 radical (unpaired) electrons. The first-order valence-electron chi connectivity index (χ1n) is 5.79. The van der Waals surface area contributed by atoms with Gasteiger partial charge in [-0.1, -0.05) is 6.07 Å². The summed E-state index contributed by atoms with van der Waals surface area (Å²) in [7, 11) is 1.40. The van der Waals surface area contributed by atoms with E-state index in [-0.39, 0.29) is 24.1 Å². The summed E-state index contributed by atoms with van der Waals surface area (Å²) in [5, 5.41) is 22.9. The lowest BCUT2D eigenvalue weighted by Gasteiger charge is -2.15. The van der Waals surface area contributed by atoms with Gasteiger partial charge in [0.2, 0.25) is 0 Å². The maximum absolute atomic E-state index is 11.0. The Balaban J connectivity index is 2.90. The minimum Gasteiger partial charge on any atom is -0.490 e. The van der Waals surface area contributed by atoms with Gasteiger partial charge in [0.05, 0.1) is 12.0 Å². The number of para-hydroxylation sites is 1. The van der Waals surface area contributed by atoms with E-state index in [2.05, 4.69) is 5.32 Å². The molecule has 0 saturated carbocycles. The fraction of sp³-hybridized carbons (Fsp3) is 0.500. The molecule has 2 N–H and O–H groups in total. The predicted molar refractivity (Wildman–Crippen MR) is 69.1 cm³/mol. The van der Waals surface area contributed by atoms with E-state index >= 15 is 0 Å². The molecule has 6 heteroatoms. The van der Waals surface area contributed by atoms with E-state index in [9.17, 15) is 10.1 Å². The molecule has 6 nitrogen and oxygen atoms in total. The highest BCUT2D eigenvalue weighted by Crippen LogP contribution is 2.34. The molecule has 1 aromatic carbocycles. The average molecular weight is 254 g/mol. The molecule has 0 aromatic heterocycles. The predicted octanol–water partition coefficient (Wildman–Crippen LogP) is 2.18. The fourth-order valence-corrected chi connectivity index (χ4v) is 1.73. The second kappa shape index (κ2) is 6.80. The molecule has 1 rings (SSSR count). The third-order valence-corrected chi connectivity index (χ3v) is 2.60. The normalized spacial score (nSPS) is 11.9. The van der Waals surface area contributed by atoms with E-state index in [4.69, 9.17) is 9.84 Å². The van der Waals surface area contributed by atoms with Gasteiger partial charge in [0.1, 0.15) is 5.69 Å². The van der Waals surface area contributed by atoms with E-state index in [1.165, 1.54) is 7.11 Å². The highest BCUT2D eigenvalue weighted by molar-refractivity contribution is 5.68. The molecule has 100 valence electrons. The van der Waals surface area contributed by atoms with Crippen molar-refractivity contribution in [3.05, 3.63) is 28.3 Å². The number of hydrogen-bond acceptors (Lipinski definition) is 5. The Labute approximate surface area is 106 Å². The van der Waals surface area contributed by atoms with Crippen LogP contribution in [0.2, 0.25) is 0 Å². The first kappa shape index (κ1) is 14.2. The first-order chi connectivity index (χ1) is 8.60. The Bertz CT molecular complexity index is 409. The van der Waals surface area contributed by atoms with Crippen LogP contribution in [-0.2, 0) is 0 Å². The van der Waals surface area contributed by atoms with Gasteiger partial charge in [-0.15, -0.1) is 0 Å². The second-order valence-corrected chi connectivity index (χ2v) is 4.02. The largest absolute Gasteiger partial charge is 0.490 e. The van der Waals surface area contributed by atoms with E-state index in [1.54, 1.807) is 18.2 Å². The third kappa shape index (κ3) is 3.59. The number of benzene rings is 1. The van der Waals surface area contributed by atoms with Crippen molar-refractivity contribution >= 4 is 11.4 Å². The molecule has 1 aromatic rings. The van der Waals surface area contributed by atoms with E-state index < -0.39 is 4.92 Å². The van der Waals surface area contributed by atoms with Crippen molar-refractivity contribution in [3.8, 4) is 5.75 Å². The Morgan fingerprint density at radius 1 is 1.56 bits per heavy atom. The number of nitrogens with zero attached hydrogens (tertiary/aromatic N) is 1. The summed E-state index contributed by atoms with van der Waals surface area (Å²) in [6, 6.07) is 4.95. The molecule has 0 heterocycles. The lowest BCUT2D eigenvalue weighted by atomic mass is 10.1. The molecule has 0 fully saturated rings. The SMILES string of the molecule is COc1cccc(NC(C)CCCO)c1[N+](=O)[O-]. The summed E-state index contributed by atoms with van der Waals surface area (Å²) in [6.45, 7) is 2.03. The molecule has 18 heavy (non-hydrogen) atoms. The Morgan fingerprint density at radius 2 is 2.28 bits per heavy atom. The fourth-order valence-electron chi connectivity index (χ4n) is 1.73. The van der Waals surface area contributed by atoms with Crippen molar-refractivity contribution in [3.63, 3.8) is 0 Å². The standard InChI is InChI=1S/C12H18N2O4/c1-9(5-4-8-15)13-10-6-3-7-11(18-2)12(10)14(16)17/h3,6-7,9,13,15H,4-5,8H2,1-2H3. The van der Waals surface area contributed by atoms with Crippen LogP contribution in [0.15, 0.2) is 18.2 Å². The van der Waals surface area contributed by atoms with E-state index in [1.807, 2.05) is 6.92 Å². The number of nitrogens with one attached hydrogen (secondary N) is 1. The summed E-state index contributed by atoms with van der Waals surface area (Å²) in [6.07, 6.45) is 1.40. The summed E-state index contributed by atoms with van der Waals surface area (Å²) in [5.74, 6) is 0.236. The molecular formula is C12H18N2O4. The van der Waals surface area contributed by atoms with Crippen LogP contribution < -0.4 is 10.1 Å². The van der Waals surface area contributed by atoms with Crippen molar-refractivity contribution in [2.45, 2.75) is 25.8 Å². The number of ether oxygens (including phenoxy) is 1. The van der Waals surface area contributed by atoms with Gasteiger partial charge in [-0.25, -0.2) is 0 Å². The monoisotopic (exact) mass is 254 g/mol. The van der Waals surface area contributed by atoms with Gasteiger partial charge in [0, 0.05) is 12.6 Å². The van der Waals surface area contributed by atoms with Crippen LogP contribution in [0, 0.1) is 10.1 Å². The number of aliphatic hydroxyl groups is 1. The number of anilines is 1. The number of methoxy groups -OCH3 is 1. The van der Waals surface area contributed by atoms with Crippen LogP contribution >= 0.6 is 0 Å². The number of aliphatic hydroxyl groups excluding tert-OH is 1. The van der Waals surface area contributed by atoms with Crippen LogP contribution in [0.25, 0.3) is 0 Å². The Hall–Kier alpha value is -1.82. The molecule has 0 saturated heterocycles. The molecule has 0 amide bonds. The lowest BCUT2D eigenvalue weighted by Crippen LogP contribution is -2.16. The molecule has 1 unspecified atom stereocenters. The molecule has 0 aliphatic carbocycles. The van der Waals surface area contributed by atoms with E-state index in [0.717, 1.165) is 6.42 Å². The van der Waals surface area contributed by atoms with Crippen LogP contribution in [0.5, 0.6) is 5.75 Å². The minimum absolute atomic E-state index is 0.0444. The van der Waals surface area contributed by atoms with Crippen molar-refractivity contribution in [1.29, 1.82) is 0 Å². The summed E-state index contributed by atoms with van der Waals surface area (Å²) < 4.78 is 4.99. The Morgan fingerprint density at radius 3 is 2.83 bits per heavy atom. The van der Waals surface area contributed by atoms with Crippen molar-refractivity contribution < 1.29 is 14.8 Å². The van der Waals surface area contributed by atoms with Gasteiger partial charge in [0.25, 0.3) is 0 Å². The van der Waals surface area contributed by atoms with Gasteiger partial charge in [-0.3, -0.25) is 10.1 Å². The summed E-state index contributed by atoms with van der Waals surface area (Å²) in [5.41, 5.74) is 0.376. The highest BCUT2D eigenvalue weighted by atomic mass is 16.6. The highest BCUT2D eigenvalue weighted by Gasteiger charge is 2.21. The topological polar surface area (TPSA) is 84.6 Å². The van der Waals surface area contributed by atoms with E-state index in [0.29, 0.717) is 12.1 Å². The second-order valence-electron chi connectivity index (χ2n) is 4.02. The van der Waals surface area contributed by atoms with Crippen LogP contribution in [0.4, 0.5) is 11.4 Å². The van der Waals surface area contributed by atoms with Crippen LogP contribution in [-0.4, -0.2) is 29.8 Å². The smallest absolute Gasteiger partial charge is 0.333 e. The van der Waals surface area contributed by atoms with Gasteiger partial charge in [-0.2, -0.15) is 0 Å². The summed E-state index contributed by atoms with van der Waals surface area (Å²) in [4.78, 5) is 10.6. The van der Waals surface area contributed by atoms with Crippen LogP contribution in [0.1, 0.15) is 19.8 Å². The summed E-state index contributed by atoms with van der Waals surface area (Å²) >= 11 is 0. The molecule has 0 bridgehead atoms. The molecular weight excluding hydrogens is 236 g/mol. The number of hydrogen-bond donors (Lipinski definition) is 2. The van der Waals surface area contributed by atoms with Gasteiger partial charge < -0.3 is 15.2 Å². The maximum atomic E-state index is 11.0. The molecule has 0 aliphatic rings. The van der Waals surface area contributed by atoms with Gasteiger partial charge >= 0.3 is 5.69 Å².